The van der Waals surface area contributed by atoms with Crippen molar-refractivity contribution in [2.24, 2.45) is 5.73 Å². The zero-order valence-electron chi connectivity index (χ0n) is 15.4. The van der Waals surface area contributed by atoms with Gasteiger partial charge >= 0.3 is 0 Å². The summed E-state index contributed by atoms with van der Waals surface area (Å²) in [6, 6.07) is 7.83. The zero-order chi connectivity index (χ0) is 18.1. The Kier molecular flexibility index (Phi) is 7.68. The van der Waals surface area contributed by atoms with E-state index in [9.17, 15) is 4.79 Å². The average Bonchev–Trinajstić information content (AvgIpc) is 2.65. The van der Waals surface area contributed by atoms with Crippen LogP contribution in [0.1, 0.15) is 32.3 Å². The standard InChI is InChI=1S/C19H31N3O3/c1-3-22(4-2)11-14-25-17-7-5-16(6-8-17)15-21-18(23)19(20)9-12-24-13-10-19/h5-8H,3-4,9-15,20H2,1-2H3,(H,21,23). The normalized spacial score (nSPS) is 16.6. The summed E-state index contributed by atoms with van der Waals surface area (Å²) in [5.74, 6) is 0.748. The van der Waals surface area contributed by atoms with Crippen molar-refractivity contribution in [1.29, 1.82) is 0 Å². The number of hydrogen-bond acceptors (Lipinski definition) is 5. The Morgan fingerprint density at radius 2 is 1.88 bits per heavy atom. The number of benzene rings is 1. The van der Waals surface area contributed by atoms with E-state index in [1.165, 1.54) is 0 Å². The molecule has 1 heterocycles. The fraction of sp³-hybridized carbons (Fsp3) is 0.632. The molecule has 1 amide bonds. The lowest BCUT2D eigenvalue weighted by molar-refractivity contribution is -0.129. The maximum absolute atomic E-state index is 12.3. The zero-order valence-corrected chi connectivity index (χ0v) is 15.4. The fourth-order valence-electron chi connectivity index (χ4n) is 2.86. The van der Waals surface area contributed by atoms with E-state index in [2.05, 4.69) is 24.1 Å². The number of carbonyl (C=O) groups excluding carboxylic acids is 1. The number of likely N-dealkylation sites (N-methyl/N-ethyl adjacent to an activating group) is 1. The Bertz CT molecular complexity index is 523. The number of ether oxygens (including phenoxy) is 2. The van der Waals surface area contributed by atoms with Gasteiger partial charge in [-0.25, -0.2) is 0 Å². The lowest BCUT2D eigenvalue weighted by atomic mass is 9.90. The second kappa shape index (κ2) is 9.75. The lowest BCUT2D eigenvalue weighted by Crippen LogP contribution is -2.56. The minimum atomic E-state index is -0.800. The predicted molar refractivity (Wildman–Crippen MR) is 98.5 cm³/mol. The Morgan fingerprint density at radius 1 is 1.24 bits per heavy atom. The van der Waals surface area contributed by atoms with E-state index in [4.69, 9.17) is 15.2 Å². The molecule has 1 aromatic rings. The molecule has 140 valence electrons. The van der Waals surface area contributed by atoms with Gasteiger partial charge in [-0.05, 0) is 43.6 Å². The second-order valence-corrected chi connectivity index (χ2v) is 6.47. The van der Waals surface area contributed by atoms with Crippen molar-refractivity contribution < 1.29 is 14.3 Å². The molecule has 6 heteroatoms. The highest BCUT2D eigenvalue weighted by Crippen LogP contribution is 2.18. The third-order valence-electron chi connectivity index (χ3n) is 4.78. The predicted octanol–water partition coefficient (Wildman–Crippen LogP) is 1.53. The minimum Gasteiger partial charge on any atom is -0.492 e. The van der Waals surface area contributed by atoms with Crippen molar-refractivity contribution in [1.82, 2.24) is 10.2 Å². The van der Waals surface area contributed by atoms with Gasteiger partial charge in [-0.15, -0.1) is 0 Å². The molecule has 1 saturated heterocycles. The van der Waals surface area contributed by atoms with Crippen LogP contribution >= 0.6 is 0 Å². The maximum Gasteiger partial charge on any atom is 0.240 e. The molecular formula is C19H31N3O3. The van der Waals surface area contributed by atoms with Crippen LogP contribution in [0.4, 0.5) is 0 Å². The number of nitrogens with one attached hydrogen (secondary N) is 1. The number of hydrogen-bond donors (Lipinski definition) is 2. The smallest absolute Gasteiger partial charge is 0.240 e. The fourth-order valence-corrected chi connectivity index (χ4v) is 2.86. The van der Waals surface area contributed by atoms with Gasteiger partial charge in [-0.1, -0.05) is 26.0 Å². The molecule has 6 nitrogen and oxygen atoms in total. The molecule has 0 saturated carbocycles. The first-order valence-electron chi connectivity index (χ1n) is 9.16. The minimum absolute atomic E-state index is 0.102. The van der Waals surface area contributed by atoms with Crippen LogP contribution in [0.2, 0.25) is 0 Å². The molecule has 0 spiro atoms. The van der Waals surface area contributed by atoms with Crippen LogP contribution in [-0.2, 0) is 16.1 Å². The summed E-state index contributed by atoms with van der Waals surface area (Å²) in [7, 11) is 0. The molecule has 3 N–H and O–H groups in total. The highest BCUT2D eigenvalue weighted by molar-refractivity contribution is 5.86. The van der Waals surface area contributed by atoms with Crippen molar-refractivity contribution in [3.8, 4) is 5.75 Å². The van der Waals surface area contributed by atoms with Crippen molar-refractivity contribution in [2.75, 3.05) is 39.5 Å². The van der Waals surface area contributed by atoms with Crippen LogP contribution in [0, 0.1) is 0 Å². The van der Waals surface area contributed by atoms with Gasteiger partial charge in [0.05, 0.1) is 5.54 Å². The largest absolute Gasteiger partial charge is 0.492 e. The summed E-state index contributed by atoms with van der Waals surface area (Å²) >= 11 is 0. The van der Waals surface area contributed by atoms with Gasteiger partial charge in [0, 0.05) is 26.3 Å². The van der Waals surface area contributed by atoms with E-state index < -0.39 is 5.54 Å². The molecule has 1 fully saturated rings. The van der Waals surface area contributed by atoms with Gasteiger partial charge in [-0.3, -0.25) is 4.79 Å². The first-order chi connectivity index (χ1) is 12.1. The molecule has 2 rings (SSSR count). The van der Waals surface area contributed by atoms with E-state index >= 15 is 0 Å². The second-order valence-electron chi connectivity index (χ2n) is 6.47. The Morgan fingerprint density at radius 3 is 2.48 bits per heavy atom. The van der Waals surface area contributed by atoms with Gasteiger partial charge in [-0.2, -0.15) is 0 Å². The molecule has 25 heavy (non-hydrogen) atoms. The summed E-state index contributed by atoms with van der Waals surface area (Å²) in [4.78, 5) is 14.6. The average molecular weight is 349 g/mol. The van der Waals surface area contributed by atoms with E-state index in [-0.39, 0.29) is 5.91 Å². The van der Waals surface area contributed by atoms with Crippen molar-refractivity contribution >= 4 is 5.91 Å². The van der Waals surface area contributed by atoms with Crippen LogP contribution in [-0.4, -0.2) is 55.8 Å². The van der Waals surface area contributed by atoms with Crippen LogP contribution in [0.5, 0.6) is 5.75 Å². The lowest BCUT2D eigenvalue weighted by Gasteiger charge is -2.31. The highest BCUT2D eigenvalue weighted by Gasteiger charge is 2.35. The molecule has 0 bridgehead atoms. The van der Waals surface area contributed by atoms with Crippen molar-refractivity contribution in [2.45, 2.75) is 38.8 Å². The summed E-state index contributed by atoms with van der Waals surface area (Å²) in [5.41, 5.74) is 6.40. The Balaban J connectivity index is 1.75. The number of carbonyl (C=O) groups is 1. The third-order valence-corrected chi connectivity index (χ3v) is 4.78. The summed E-state index contributed by atoms with van der Waals surface area (Å²) < 4.78 is 11.0. The number of nitrogens with zero attached hydrogens (tertiary/aromatic N) is 1. The van der Waals surface area contributed by atoms with Gasteiger partial charge in [0.25, 0.3) is 0 Å². The highest BCUT2D eigenvalue weighted by atomic mass is 16.5. The van der Waals surface area contributed by atoms with Crippen LogP contribution < -0.4 is 15.8 Å². The molecule has 1 aliphatic heterocycles. The summed E-state index contributed by atoms with van der Waals surface area (Å²) in [5, 5.41) is 2.93. The Labute approximate surface area is 150 Å². The van der Waals surface area contributed by atoms with Crippen molar-refractivity contribution in [3.63, 3.8) is 0 Å². The number of amides is 1. The molecule has 0 unspecified atom stereocenters. The quantitative estimate of drug-likeness (QED) is 0.707. The number of nitrogens with two attached hydrogens (primary N) is 1. The molecule has 0 aromatic heterocycles. The molecule has 0 atom stereocenters. The van der Waals surface area contributed by atoms with E-state index in [0.29, 0.717) is 39.2 Å². The summed E-state index contributed by atoms with van der Waals surface area (Å²) in [6.07, 6.45) is 1.14. The van der Waals surface area contributed by atoms with Gasteiger partial charge in [0.15, 0.2) is 0 Å². The van der Waals surface area contributed by atoms with Crippen LogP contribution in [0.15, 0.2) is 24.3 Å². The van der Waals surface area contributed by atoms with Gasteiger partial charge in [0.1, 0.15) is 12.4 Å². The Hall–Kier alpha value is -1.63. The number of rotatable bonds is 9. The monoisotopic (exact) mass is 349 g/mol. The van der Waals surface area contributed by atoms with Crippen LogP contribution in [0.25, 0.3) is 0 Å². The molecule has 0 aliphatic carbocycles. The van der Waals surface area contributed by atoms with Crippen molar-refractivity contribution in [3.05, 3.63) is 29.8 Å². The summed E-state index contributed by atoms with van der Waals surface area (Å²) in [6.45, 7) is 9.53. The van der Waals surface area contributed by atoms with Gasteiger partial charge in [0.2, 0.25) is 5.91 Å². The van der Waals surface area contributed by atoms with E-state index in [1.54, 1.807) is 0 Å². The van der Waals surface area contributed by atoms with Crippen LogP contribution in [0.3, 0.4) is 0 Å². The van der Waals surface area contributed by atoms with E-state index in [0.717, 1.165) is 30.9 Å². The first-order valence-corrected chi connectivity index (χ1v) is 9.16. The topological polar surface area (TPSA) is 76.8 Å². The molecule has 1 aromatic carbocycles. The third kappa shape index (κ3) is 5.99. The van der Waals surface area contributed by atoms with E-state index in [1.807, 2.05) is 24.3 Å². The SMILES string of the molecule is CCN(CC)CCOc1ccc(CNC(=O)C2(N)CCOCC2)cc1. The maximum atomic E-state index is 12.3. The molecule has 1 aliphatic rings. The molecular weight excluding hydrogens is 318 g/mol. The first kappa shape index (κ1) is 19.7. The van der Waals surface area contributed by atoms with Gasteiger partial charge < -0.3 is 25.4 Å². The molecule has 0 radical (unpaired) electrons.